The van der Waals surface area contributed by atoms with Crippen LogP contribution in [0.15, 0.2) is 12.1 Å². The van der Waals surface area contributed by atoms with Crippen molar-refractivity contribution in [1.29, 1.82) is 0 Å². The number of aldehydes is 1. The van der Waals surface area contributed by atoms with Crippen LogP contribution in [0.5, 0.6) is 0 Å². The largest absolute Gasteiger partial charge is 0.302 e. The second kappa shape index (κ2) is 6.69. The van der Waals surface area contributed by atoms with Gasteiger partial charge in [0.2, 0.25) is 0 Å². The standard InChI is InChI=1S/C17H25BrO/c1-10(2)13-7-14(11(3)4)17(16(18)9-19)15(8-13)12(5)6/h7-12,16H,1-6H3. The first-order valence-corrected chi connectivity index (χ1v) is 7.98. The van der Waals surface area contributed by atoms with E-state index in [1.807, 2.05) is 0 Å². The molecule has 0 aromatic heterocycles. The number of benzene rings is 1. The first-order chi connectivity index (χ1) is 8.79. The summed E-state index contributed by atoms with van der Waals surface area (Å²) in [4.78, 5) is 11.0. The zero-order chi connectivity index (χ0) is 14.7. The van der Waals surface area contributed by atoms with Gasteiger partial charge in [-0.05, 0) is 40.0 Å². The number of hydrogen-bond donors (Lipinski definition) is 0. The van der Waals surface area contributed by atoms with Crippen molar-refractivity contribution in [2.24, 2.45) is 0 Å². The number of carbonyl (C=O) groups is 1. The van der Waals surface area contributed by atoms with Gasteiger partial charge in [0.05, 0.1) is 4.83 Å². The molecule has 0 radical (unpaired) electrons. The van der Waals surface area contributed by atoms with Gasteiger partial charge < -0.3 is 4.79 Å². The van der Waals surface area contributed by atoms with Gasteiger partial charge in [-0.15, -0.1) is 0 Å². The van der Waals surface area contributed by atoms with Crippen molar-refractivity contribution >= 4 is 22.2 Å². The van der Waals surface area contributed by atoms with Crippen LogP contribution in [-0.2, 0) is 4.79 Å². The van der Waals surface area contributed by atoms with Gasteiger partial charge in [-0.1, -0.05) is 69.6 Å². The van der Waals surface area contributed by atoms with Crippen molar-refractivity contribution in [3.63, 3.8) is 0 Å². The van der Waals surface area contributed by atoms with Gasteiger partial charge in [0.25, 0.3) is 0 Å². The maximum absolute atomic E-state index is 11.2. The Balaban J connectivity index is 3.60. The third-order valence-corrected chi connectivity index (χ3v) is 4.25. The summed E-state index contributed by atoms with van der Waals surface area (Å²) in [5.41, 5.74) is 5.12. The zero-order valence-electron chi connectivity index (χ0n) is 12.8. The molecule has 19 heavy (non-hydrogen) atoms. The van der Waals surface area contributed by atoms with Crippen LogP contribution in [0.1, 0.15) is 86.4 Å². The van der Waals surface area contributed by atoms with E-state index in [9.17, 15) is 4.79 Å². The van der Waals surface area contributed by atoms with Crippen molar-refractivity contribution in [3.05, 3.63) is 34.4 Å². The van der Waals surface area contributed by atoms with Crippen molar-refractivity contribution in [2.45, 2.75) is 64.1 Å². The first-order valence-electron chi connectivity index (χ1n) is 7.06. The van der Waals surface area contributed by atoms with Crippen molar-refractivity contribution in [3.8, 4) is 0 Å². The Morgan fingerprint density at radius 2 is 1.32 bits per heavy atom. The van der Waals surface area contributed by atoms with Crippen LogP contribution in [0.4, 0.5) is 0 Å². The van der Waals surface area contributed by atoms with Crippen LogP contribution < -0.4 is 0 Å². The minimum absolute atomic E-state index is 0.205. The van der Waals surface area contributed by atoms with Crippen LogP contribution in [0.3, 0.4) is 0 Å². The molecular formula is C17H25BrO. The van der Waals surface area contributed by atoms with Crippen LogP contribution in [0.2, 0.25) is 0 Å². The second-order valence-electron chi connectivity index (χ2n) is 6.11. The third kappa shape index (κ3) is 3.68. The SMILES string of the molecule is CC(C)c1cc(C(C)C)c(C(Br)C=O)c(C(C)C)c1. The summed E-state index contributed by atoms with van der Waals surface area (Å²) in [6.07, 6.45) is 0.988. The van der Waals surface area contributed by atoms with Gasteiger partial charge in [0.1, 0.15) is 6.29 Å². The molecule has 0 bridgehead atoms. The Labute approximate surface area is 125 Å². The quantitative estimate of drug-likeness (QED) is 0.502. The molecule has 0 heterocycles. The molecule has 0 amide bonds. The number of halogens is 1. The molecule has 0 aliphatic rings. The Morgan fingerprint density at radius 1 is 0.895 bits per heavy atom. The minimum atomic E-state index is -0.205. The molecule has 0 spiro atoms. The number of carbonyl (C=O) groups excluding carboxylic acids is 1. The van der Waals surface area contributed by atoms with Gasteiger partial charge in [-0.25, -0.2) is 0 Å². The Kier molecular flexibility index (Phi) is 5.79. The molecule has 2 heteroatoms. The summed E-state index contributed by atoms with van der Waals surface area (Å²) in [7, 11) is 0. The molecule has 1 nitrogen and oxygen atoms in total. The van der Waals surface area contributed by atoms with Gasteiger partial charge in [0, 0.05) is 0 Å². The Bertz CT molecular complexity index is 418. The van der Waals surface area contributed by atoms with E-state index >= 15 is 0 Å². The summed E-state index contributed by atoms with van der Waals surface area (Å²) in [6, 6.07) is 4.54. The number of alkyl halides is 1. The fourth-order valence-electron chi connectivity index (χ4n) is 2.40. The predicted octanol–water partition coefficient (Wildman–Crippen LogP) is 5.69. The molecule has 1 unspecified atom stereocenters. The van der Waals surface area contributed by atoms with Crippen molar-refractivity contribution < 1.29 is 4.79 Å². The van der Waals surface area contributed by atoms with E-state index in [1.54, 1.807) is 0 Å². The smallest absolute Gasteiger partial charge is 0.138 e. The fourth-order valence-corrected chi connectivity index (χ4v) is 2.93. The lowest BCUT2D eigenvalue weighted by Crippen LogP contribution is -2.08. The van der Waals surface area contributed by atoms with E-state index in [-0.39, 0.29) is 4.83 Å². The van der Waals surface area contributed by atoms with E-state index in [0.717, 1.165) is 6.29 Å². The summed E-state index contributed by atoms with van der Waals surface area (Å²) in [5.74, 6) is 1.35. The monoisotopic (exact) mass is 324 g/mol. The highest BCUT2D eigenvalue weighted by atomic mass is 79.9. The third-order valence-electron chi connectivity index (χ3n) is 3.57. The van der Waals surface area contributed by atoms with Crippen LogP contribution >= 0.6 is 15.9 Å². The molecule has 0 N–H and O–H groups in total. The molecule has 0 fully saturated rings. The molecule has 1 aromatic carbocycles. The maximum atomic E-state index is 11.2. The summed E-state index contributed by atoms with van der Waals surface area (Å²) < 4.78 is 0. The van der Waals surface area contributed by atoms with Gasteiger partial charge in [0.15, 0.2) is 0 Å². The van der Waals surface area contributed by atoms with Crippen molar-refractivity contribution in [2.75, 3.05) is 0 Å². The molecular weight excluding hydrogens is 300 g/mol. The zero-order valence-corrected chi connectivity index (χ0v) is 14.4. The van der Waals surface area contributed by atoms with E-state index < -0.39 is 0 Å². The predicted molar refractivity (Wildman–Crippen MR) is 86.4 cm³/mol. The molecule has 0 saturated carbocycles. The molecule has 0 saturated heterocycles. The van der Waals surface area contributed by atoms with E-state index in [4.69, 9.17) is 0 Å². The lowest BCUT2D eigenvalue weighted by Gasteiger charge is -2.24. The average molecular weight is 325 g/mol. The highest BCUT2D eigenvalue weighted by Gasteiger charge is 2.21. The number of rotatable bonds is 5. The lowest BCUT2D eigenvalue weighted by molar-refractivity contribution is -0.107. The fraction of sp³-hybridized carbons (Fsp3) is 0.588. The topological polar surface area (TPSA) is 17.1 Å². The maximum Gasteiger partial charge on any atom is 0.138 e. The van der Waals surface area contributed by atoms with E-state index in [2.05, 4.69) is 69.6 Å². The highest BCUT2D eigenvalue weighted by molar-refractivity contribution is 9.09. The van der Waals surface area contributed by atoms with Crippen LogP contribution in [-0.4, -0.2) is 6.29 Å². The Morgan fingerprint density at radius 3 is 1.58 bits per heavy atom. The highest BCUT2D eigenvalue weighted by Crippen LogP contribution is 2.37. The first kappa shape index (κ1) is 16.4. The van der Waals surface area contributed by atoms with E-state index in [0.29, 0.717) is 17.8 Å². The van der Waals surface area contributed by atoms with E-state index in [1.165, 1.54) is 22.3 Å². The second-order valence-corrected chi connectivity index (χ2v) is 7.10. The molecule has 1 aromatic rings. The molecule has 1 atom stereocenters. The lowest BCUT2D eigenvalue weighted by atomic mass is 9.83. The van der Waals surface area contributed by atoms with Gasteiger partial charge in [-0.3, -0.25) is 0 Å². The average Bonchev–Trinajstić information content (AvgIpc) is 2.35. The van der Waals surface area contributed by atoms with Crippen molar-refractivity contribution in [1.82, 2.24) is 0 Å². The minimum Gasteiger partial charge on any atom is -0.302 e. The van der Waals surface area contributed by atoms with Crippen LogP contribution in [0, 0.1) is 0 Å². The van der Waals surface area contributed by atoms with Crippen LogP contribution in [0.25, 0.3) is 0 Å². The summed E-state index contributed by atoms with van der Waals surface area (Å²) >= 11 is 3.52. The molecule has 0 aliphatic carbocycles. The number of hydrogen-bond acceptors (Lipinski definition) is 1. The van der Waals surface area contributed by atoms with Gasteiger partial charge >= 0.3 is 0 Å². The summed E-state index contributed by atoms with van der Waals surface area (Å²) in [6.45, 7) is 13.2. The molecule has 0 aliphatic heterocycles. The normalized spacial score (nSPS) is 13.4. The summed E-state index contributed by atoms with van der Waals surface area (Å²) in [5, 5.41) is 0. The van der Waals surface area contributed by atoms with Gasteiger partial charge in [-0.2, -0.15) is 0 Å². The molecule has 106 valence electrons. The Hall–Kier alpha value is -0.630. The molecule has 1 rings (SSSR count).